The van der Waals surface area contributed by atoms with Crippen molar-refractivity contribution in [2.45, 2.75) is 0 Å². The highest BCUT2D eigenvalue weighted by molar-refractivity contribution is 7.89. The average molecular weight is 482 g/mol. The predicted octanol–water partition coefficient (Wildman–Crippen LogP) is 3.49. The largest absolute Gasteiger partial charge is 0.308 e. The normalized spacial score (nSPS) is 18.0. The summed E-state index contributed by atoms with van der Waals surface area (Å²) >= 11 is 0. The van der Waals surface area contributed by atoms with Crippen LogP contribution in [0.3, 0.4) is 0 Å². The zero-order valence-corrected chi connectivity index (χ0v) is 18.8. The van der Waals surface area contributed by atoms with Gasteiger partial charge in [0, 0.05) is 30.8 Å². The van der Waals surface area contributed by atoms with Crippen LogP contribution in [0.5, 0.6) is 0 Å². The number of carbonyl (C=O) groups excluding carboxylic acids is 1. The number of hydrogen-bond acceptors (Lipinski definition) is 4. The van der Waals surface area contributed by atoms with Crippen LogP contribution in [0.15, 0.2) is 47.5 Å². The zero-order valence-electron chi connectivity index (χ0n) is 18.0. The van der Waals surface area contributed by atoms with Gasteiger partial charge in [-0.1, -0.05) is 12.1 Å². The Morgan fingerprint density at radius 3 is 1.70 bits per heavy atom. The third-order valence-electron chi connectivity index (χ3n) is 5.04. The van der Waals surface area contributed by atoms with E-state index in [9.17, 15) is 30.8 Å². The molecule has 10 heteroatoms. The van der Waals surface area contributed by atoms with E-state index in [-0.39, 0.29) is 47.7 Å². The number of halogens is 4. The van der Waals surface area contributed by atoms with Gasteiger partial charge >= 0.3 is 0 Å². The Bertz CT molecular complexity index is 1170. The molecule has 1 aliphatic rings. The van der Waals surface area contributed by atoms with Crippen LogP contribution in [0.25, 0.3) is 12.2 Å². The molecule has 5 nitrogen and oxygen atoms in total. The summed E-state index contributed by atoms with van der Waals surface area (Å²) < 4.78 is 80.7. The summed E-state index contributed by atoms with van der Waals surface area (Å²) in [5.41, 5.74) is 0.429. The van der Waals surface area contributed by atoms with E-state index in [0.717, 1.165) is 28.6 Å². The van der Waals surface area contributed by atoms with Gasteiger partial charge in [-0.25, -0.2) is 26.0 Å². The molecule has 2 aromatic carbocycles. The van der Waals surface area contributed by atoms with Crippen LogP contribution in [0.2, 0.25) is 0 Å². The molecular weight excluding hydrogens is 460 g/mol. The summed E-state index contributed by atoms with van der Waals surface area (Å²) in [4.78, 5) is 14.8. The fourth-order valence-corrected chi connectivity index (χ4v) is 4.76. The minimum absolute atomic E-state index is 0.0366. The number of rotatable bonds is 6. The molecular formula is C23H22F4N2O3S. The molecule has 0 unspecified atom stereocenters. The number of piperidine rings is 1. The molecule has 0 saturated carbocycles. The molecule has 0 atom stereocenters. The maximum Gasteiger partial charge on any atom is 0.215 e. The lowest BCUT2D eigenvalue weighted by Crippen LogP contribution is -2.43. The molecule has 0 spiro atoms. The zero-order chi connectivity index (χ0) is 24.3. The van der Waals surface area contributed by atoms with Crippen LogP contribution in [-0.4, -0.2) is 62.9 Å². The van der Waals surface area contributed by atoms with Gasteiger partial charge in [0.2, 0.25) is 10.0 Å². The smallest absolute Gasteiger partial charge is 0.215 e. The molecule has 1 saturated heterocycles. The molecule has 0 amide bonds. The molecule has 0 bridgehead atoms. The van der Waals surface area contributed by atoms with Crippen LogP contribution in [0.4, 0.5) is 17.6 Å². The van der Waals surface area contributed by atoms with E-state index in [0.29, 0.717) is 0 Å². The lowest BCUT2D eigenvalue weighted by molar-refractivity contribution is -0.113. The minimum atomic E-state index is -3.79. The van der Waals surface area contributed by atoms with Crippen LogP contribution in [0, 0.1) is 23.3 Å². The molecule has 176 valence electrons. The van der Waals surface area contributed by atoms with Crippen molar-refractivity contribution >= 4 is 28.0 Å². The number of ketones is 1. The number of Topliss-reactive ketones (excluding diaryl/α,β-unsaturated/α-hetero) is 1. The van der Waals surface area contributed by atoms with E-state index in [1.165, 1.54) is 24.3 Å². The van der Waals surface area contributed by atoms with Crippen molar-refractivity contribution < 1.29 is 30.8 Å². The Hall–Kier alpha value is -2.82. The number of sulfonamides is 1. The van der Waals surface area contributed by atoms with Gasteiger partial charge in [0.15, 0.2) is 29.1 Å². The first kappa shape index (κ1) is 24.8. The first-order valence-electron chi connectivity index (χ1n) is 9.95. The van der Waals surface area contributed by atoms with Crippen molar-refractivity contribution in [1.29, 1.82) is 0 Å². The Balaban J connectivity index is 2.04. The Labute approximate surface area is 189 Å². The van der Waals surface area contributed by atoms with Crippen molar-refractivity contribution in [2.24, 2.45) is 0 Å². The van der Waals surface area contributed by atoms with Crippen LogP contribution in [-0.2, 0) is 14.8 Å². The fourth-order valence-electron chi connectivity index (χ4n) is 3.24. The summed E-state index contributed by atoms with van der Waals surface area (Å²) in [5, 5.41) is 0. The van der Waals surface area contributed by atoms with E-state index < -0.39 is 39.1 Å². The first-order chi connectivity index (χ1) is 15.5. The summed E-state index contributed by atoms with van der Waals surface area (Å²) in [5.74, 6) is -5.06. The minimum Gasteiger partial charge on any atom is -0.308 e. The maximum absolute atomic E-state index is 13.6. The Kier molecular flexibility index (Phi) is 7.51. The van der Waals surface area contributed by atoms with Gasteiger partial charge in [0.1, 0.15) is 0 Å². The van der Waals surface area contributed by atoms with E-state index in [2.05, 4.69) is 0 Å². The quantitative estimate of drug-likeness (QED) is 0.467. The molecule has 0 N–H and O–H groups in total. The average Bonchev–Trinajstić information content (AvgIpc) is 2.74. The van der Waals surface area contributed by atoms with Gasteiger partial charge in [-0.2, -0.15) is 4.31 Å². The molecule has 1 heterocycles. The topological polar surface area (TPSA) is 57.7 Å². The second-order valence-corrected chi connectivity index (χ2v) is 9.99. The molecule has 0 aliphatic carbocycles. The number of carbonyl (C=O) groups is 1. The van der Waals surface area contributed by atoms with Crippen molar-refractivity contribution in [3.8, 4) is 0 Å². The van der Waals surface area contributed by atoms with E-state index in [1.807, 2.05) is 0 Å². The van der Waals surface area contributed by atoms with E-state index in [4.69, 9.17) is 0 Å². The SMILES string of the molecule is CN(C)CCS(=O)(=O)N1C/C(=C/c2ccc(F)c(F)c2)C(=O)/C(=C/c2ccc(F)c(F)c2)C1. The second-order valence-electron chi connectivity index (χ2n) is 7.90. The van der Waals surface area contributed by atoms with Crippen molar-refractivity contribution in [2.75, 3.05) is 39.5 Å². The highest BCUT2D eigenvalue weighted by Crippen LogP contribution is 2.25. The molecule has 0 aromatic heterocycles. The Morgan fingerprint density at radius 1 is 0.848 bits per heavy atom. The maximum atomic E-state index is 13.6. The molecule has 1 aliphatic heterocycles. The number of nitrogens with zero attached hydrogens (tertiary/aromatic N) is 2. The van der Waals surface area contributed by atoms with Gasteiger partial charge < -0.3 is 4.90 Å². The number of hydrogen-bond donors (Lipinski definition) is 0. The van der Waals surface area contributed by atoms with Crippen molar-refractivity contribution in [1.82, 2.24) is 9.21 Å². The van der Waals surface area contributed by atoms with Gasteiger partial charge in [-0.15, -0.1) is 0 Å². The standard InChI is InChI=1S/C23H22F4N2O3S/c1-28(2)7-8-33(31,32)29-13-17(9-15-3-5-19(24)21(26)11-15)23(30)18(14-29)10-16-4-6-20(25)22(27)12-16/h3-6,9-12H,7-8,13-14H2,1-2H3/b17-9-,18-10+. The highest BCUT2D eigenvalue weighted by atomic mass is 32.2. The summed E-state index contributed by atoms with van der Waals surface area (Å²) in [6, 6.07) is 6.12. The molecule has 3 rings (SSSR count). The van der Waals surface area contributed by atoms with Gasteiger partial charge in [0.05, 0.1) is 5.75 Å². The van der Waals surface area contributed by atoms with Gasteiger partial charge in [0.25, 0.3) is 0 Å². The summed E-state index contributed by atoms with van der Waals surface area (Å²) in [7, 11) is -0.352. The lowest BCUT2D eigenvalue weighted by atomic mass is 9.95. The molecule has 2 aromatic rings. The van der Waals surface area contributed by atoms with Gasteiger partial charge in [-0.3, -0.25) is 4.79 Å². The van der Waals surface area contributed by atoms with E-state index in [1.54, 1.807) is 19.0 Å². The highest BCUT2D eigenvalue weighted by Gasteiger charge is 2.33. The van der Waals surface area contributed by atoms with Gasteiger partial charge in [-0.05, 0) is 61.6 Å². The third-order valence-corrected chi connectivity index (χ3v) is 6.78. The lowest BCUT2D eigenvalue weighted by Gasteiger charge is -2.29. The molecule has 33 heavy (non-hydrogen) atoms. The first-order valence-corrected chi connectivity index (χ1v) is 11.6. The van der Waals surface area contributed by atoms with Crippen LogP contribution in [0.1, 0.15) is 11.1 Å². The second kappa shape index (κ2) is 9.98. The summed E-state index contributed by atoms with van der Waals surface area (Å²) in [6.07, 6.45) is 2.58. The van der Waals surface area contributed by atoms with Crippen LogP contribution < -0.4 is 0 Å². The van der Waals surface area contributed by atoms with Crippen molar-refractivity contribution in [3.05, 3.63) is 81.9 Å². The fraction of sp³-hybridized carbons (Fsp3) is 0.261. The predicted molar refractivity (Wildman–Crippen MR) is 118 cm³/mol. The molecule has 1 fully saturated rings. The number of benzene rings is 2. The monoisotopic (exact) mass is 482 g/mol. The van der Waals surface area contributed by atoms with E-state index >= 15 is 0 Å². The van der Waals surface area contributed by atoms with Crippen molar-refractivity contribution in [3.63, 3.8) is 0 Å². The molecule has 0 radical (unpaired) electrons. The van der Waals surface area contributed by atoms with Crippen LogP contribution >= 0.6 is 0 Å². The third kappa shape index (κ3) is 6.16. The Morgan fingerprint density at radius 2 is 1.30 bits per heavy atom. The summed E-state index contributed by atoms with van der Waals surface area (Å²) in [6.45, 7) is -0.275.